The fourth-order valence-electron chi connectivity index (χ4n) is 3.11. The van der Waals surface area contributed by atoms with Crippen LogP contribution in [0.2, 0.25) is 0 Å². The lowest BCUT2D eigenvalue weighted by Crippen LogP contribution is -2.44. The van der Waals surface area contributed by atoms with E-state index in [9.17, 15) is 14.0 Å². The SMILES string of the molecule is CCOC(=O)C(Cl)Cc1ccc(OCC2(C)CC(=O)c3cc(F)ccc3O2)cc1. The molecular formula is C22H22ClFO5. The van der Waals surface area contributed by atoms with E-state index in [1.165, 1.54) is 18.2 Å². The number of ketones is 1. The van der Waals surface area contributed by atoms with Crippen LogP contribution in [0.15, 0.2) is 42.5 Å². The molecule has 0 amide bonds. The van der Waals surface area contributed by atoms with Crippen LogP contribution in [0, 0.1) is 5.82 Å². The Kier molecular flexibility index (Phi) is 6.42. The third-order valence-electron chi connectivity index (χ3n) is 4.56. The Labute approximate surface area is 173 Å². The maximum atomic E-state index is 13.4. The Hall–Kier alpha value is -2.60. The van der Waals surface area contributed by atoms with E-state index in [0.29, 0.717) is 17.9 Å². The van der Waals surface area contributed by atoms with E-state index < -0.39 is 22.8 Å². The second-order valence-corrected chi connectivity index (χ2v) is 7.68. The molecule has 2 atom stereocenters. The minimum absolute atomic E-state index is 0.0923. The van der Waals surface area contributed by atoms with Crippen molar-refractivity contribution in [2.24, 2.45) is 0 Å². The molecule has 5 nitrogen and oxygen atoms in total. The number of fused-ring (bicyclic) bond motifs is 1. The van der Waals surface area contributed by atoms with Gasteiger partial charge in [-0.1, -0.05) is 12.1 Å². The lowest BCUT2D eigenvalue weighted by molar-refractivity contribution is -0.142. The summed E-state index contributed by atoms with van der Waals surface area (Å²) in [4.78, 5) is 24.0. The van der Waals surface area contributed by atoms with Crippen molar-refractivity contribution >= 4 is 23.4 Å². The number of esters is 1. The van der Waals surface area contributed by atoms with Gasteiger partial charge in [0.05, 0.1) is 18.6 Å². The molecule has 0 aromatic heterocycles. The summed E-state index contributed by atoms with van der Waals surface area (Å²) in [5.74, 6) is -0.141. The van der Waals surface area contributed by atoms with Gasteiger partial charge in [0.25, 0.3) is 0 Å². The monoisotopic (exact) mass is 420 g/mol. The first-order valence-electron chi connectivity index (χ1n) is 9.34. The number of benzene rings is 2. The number of alkyl halides is 1. The van der Waals surface area contributed by atoms with Gasteiger partial charge in [0.2, 0.25) is 0 Å². The van der Waals surface area contributed by atoms with Gasteiger partial charge >= 0.3 is 5.97 Å². The fraction of sp³-hybridized carbons (Fsp3) is 0.364. The van der Waals surface area contributed by atoms with Gasteiger partial charge in [0, 0.05) is 0 Å². The molecule has 3 rings (SSSR count). The molecule has 7 heteroatoms. The van der Waals surface area contributed by atoms with E-state index in [1.807, 2.05) is 12.1 Å². The van der Waals surface area contributed by atoms with Crippen LogP contribution in [0.25, 0.3) is 0 Å². The zero-order valence-corrected chi connectivity index (χ0v) is 17.0. The molecule has 2 aromatic carbocycles. The third kappa shape index (κ3) is 5.26. The summed E-state index contributed by atoms with van der Waals surface area (Å²) < 4.78 is 30.0. The Bertz CT molecular complexity index is 899. The van der Waals surface area contributed by atoms with Gasteiger partial charge in [-0.2, -0.15) is 0 Å². The van der Waals surface area contributed by atoms with E-state index in [2.05, 4.69) is 0 Å². The Balaban J connectivity index is 1.59. The summed E-state index contributed by atoms with van der Waals surface area (Å²) in [5, 5.41) is -0.743. The summed E-state index contributed by atoms with van der Waals surface area (Å²) in [6.45, 7) is 3.95. The molecule has 0 aliphatic carbocycles. The van der Waals surface area contributed by atoms with Crippen LogP contribution in [-0.4, -0.2) is 35.9 Å². The van der Waals surface area contributed by atoms with Gasteiger partial charge in [-0.05, 0) is 56.2 Å². The van der Waals surface area contributed by atoms with Crippen molar-refractivity contribution in [3.8, 4) is 11.5 Å². The van der Waals surface area contributed by atoms with Gasteiger partial charge < -0.3 is 14.2 Å². The van der Waals surface area contributed by atoms with Gasteiger partial charge in [-0.15, -0.1) is 11.6 Å². The van der Waals surface area contributed by atoms with Crippen molar-refractivity contribution in [1.29, 1.82) is 0 Å². The lowest BCUT2D eigenvalue weighted by Gasteiger charge is -2.34. The standard InChI is InChI=1S/C22H22ClFO5/c1-3-27-21(26)18(23)10-14-4-7-16(8-5-14)28-13-22(2)12-19(25)17-11-15(24)6-9-20(17)29-22/h4-9,11,18H,3,10,12-13H2,1-2H3. The molecule has 2 unspecified atom stereocenters. The molecule has 1 aliphatic rings. The highest BCUT2D eigenvalue weighted by atomic mass is 35.5. The second-order valence-electron chi connectivity index (χ2n) is 7.15. The Morgan fingerprint density at radius 3 is 2.69 bits per heavy atom. The van der Waals surface area contributed by atoms with E-state index in [4.69, 9.17) is 25.8 Å². The summed E-state index contributed by atoms with van der Waals surface area (Å²) in [6, 6.07) is 11.1. The Morgan fingerprint density at radius 1 is 1.28 bits per heavy atom. The zero-order chi connectivity index (χ0) is 21.0. The molecule has 29 heavy (non-hydrogen) atoms. The first kappa shape index (κ1) is 21.1. The topological polar surface area (TPSA) is 61.8 Å². The van der Waals surface area contributed by atoms with Crippen LogP contribution in [0.4, 0.5) is 4.39 Å². The fourth-order valence-corrected chi connectivity index (χ4v) is 3.35. The van der Waals surface area contributed by atoms with Crippen LogP contribution in [0.3, 0.4) is 0 Å². The smallest absolute Gasteiger partial charge is 0.324 e. The van der Waals surface area contributed by atoms with Gasteiger partial charge in [-0.3, -0.25) is 9.59 Å². The van der Waals surface area contributed by atoms with Crippen LogP contribution in [0.5, 0.6) is 11.5 Å². The average molecular weight is 421 g/mol. The van der Waals surface area contributed by atoms with Gasteiger partial charge in [0.1, 0.15) is 34.9 Å². The number of halogens is 2. The summed E-state index contributed by atoms with van der Waals surface area (Å²) >= 11 is 6.05. The molecule has 0 N–H and O–H groups in total. The maximum Gasteiger partial charge on any atom is 0.324 e. The number of Topliss-reactive ketones (excluding diaryl/α,β-unsaturated/α-hetero) is 1. The number of carbonyl (C=O) groups excluding carboxylic acids is 2. The van der Waals surface area contributed by atoms with Crippen molar-refractivity contribution < 1.29 is 28.2 Å². The van der Waals surface area contributed by atoms with E-state index in [1.54, 1.807) is 26.0 Å². The predicted octanol–water partition coefficient (Wildman–Crippen LogP) is 4.34. The molecule has 0 bridgehead atoms. The molecule has 2 aromatic rings. The molecule has 154 valence electrons. The number of carbonyl (C=O) groups is 2. The van der Waals surface area contributed by atoms with Crippen LogP contribution < -0.4 is 9.47 Å². The van der Waals surface area contributed by atoms with Gasteiger partial charge in [0.15, 0.2) is 5.78 Å². The van der Waals surface area contributed by atoms with Crippen molar-refractivity contribution in [1.82, 2.24) is 0 Å². The minimum atomic E-state index is -0.855. The predicted molar refractivity (Wildman–Crippen MR) is 106 cm³/mol. The number of rotatable bonds is 7. The van der Waals surface area contributed by atoms with Crippen molar-refractivity contribution in [3.63, 3.8) is 0 Å². The van der Waals surface area contributed by atoms with Crippen LogP contribution >= 0.6 is 11.6 Å². The number of hydrogen-bond acceptors (Lipinski definition) is 5. The maximum absolute atomic E-state index is 13.4. The third-order valence-corrected chi connectivity index (χ3v) is 4.89. The molecule has 0 radical (unpaired) electrons. The highest BCUT2D eigenvalue weighted by Crippen LogP contribution is 2.34. The van der Waals surface area contributed by atoms with Crippen LogP contribution in [0.1, 0.15) is 36.2 Å². The molecular weight excluding hydrogens is 399 g/mol. The van der Waals surface area contributed by atoms with Crippen molar-refractivity contribution in [2.75, 3.05) is 13.2 Å². The molecule has 0 saturated heterocycles. The zero-order valence-electron chi connectivity index (χ0n) is 16.2. The molecule has 1 heterocycles. The quantitative estimate of drug-likeness (QED) is 0.492. The van der Waals surface area contributed by atoms with E-state index >= 15 is 0 Å². The first-order chi connectivity index (χ1) is 13.8. The normalized spacial score (nSPS) is 19.1. The van der Waals surface area contributed by atoms with Crippen molar-refractivity contribution in [3.05, 3.63) is 59.4 Å². The summed E-state index contributed by atoms with van der Waals surface area (Å²) in [6.07, 6.45) is 0.443. The van der Waals surface area contributed by atoms with Crippen molar-refractivity contribution in [2.45, 2.75) is 37.7 Å². The van der Waals surface area contributed by atoms with E-state index in [-0.39, 0.29) is 31.0 Å². The largest absolute Gasteiger partial charge is 0.489 e. The van der Waals surface area contributed by atoms with Gasteiger partial charge in [-0.25, -0.2) is 4.39 Å². The summed E-state index contributed by atoms with van der Waals surface area (Å²) in [5.41, 5.74) is 0.270. The molecule has 0 saturated carbocycles. The number of ether oxygens (including phenoxy) is 3. The molecule has 0 fully saturated rings. The highest BCUT2D eigenvalue weighted by molar-refractivity contribution is 6.30. The van der Waals surface area contributed by atoms with Crippen LogP contribution in [-0.2, 0) is 16.0 Å². The first-order valence-corrected chi connectivity index (χ1v) is 9.77. The molecule has 1 aliphatic heterocycles. The summed E-state index contributed by atoms with van der Waals surface area (Å²) in [7, 11) is 0. The number of hydrogen-bond donors (Lipinski definition) is 0. The highest BCUT2D eigenvalue weighted by Gasteiger charge is 2.37. The average Bonchev–Trinajstić information content (AvgIpc) is 2.68. The lowest BCUT2D eigenvalue weighted by atomic mass is 9.92. The Morgan fingerprint density at radius 2 is 2.00 bits per heavy atom. The minimum Gasteiger partial charge on any atom is -0.489 e. The molecule has 0 spiro atoms. The van der Waals surface area contributed by atoms with E-state index in [0.717, 1.165) is 5.56 Å². The second kappa shape index (κ2) is 8.82.